The molecule has 1 aliphatic rings. The third kappa shape index (κ3) is 3.33. The molecule has 2 aromatic heterocycles. The number of rotatable bonds is 6. The van der Waals surface area contributed by atoms with E-state index >= 15 is 0 Å². The van der Waals surface area contributed by atoms with Crippen LogP contribution in [0.5, 0.6) is 0 Å². The van der Waals surface area contributed by atoms with E-state index in [1.54, 1.807) is 6.92 Å². The van der Waals surface area contributed by atoms with Gasteiger partial charge in [-0.15, -0.1) is 11.3 Å². The van der Waals surface area contributed by atoms with E-state index in [0.29, 0.717) is 24.3 Å². The van der Waals surface area contributed by atoms with Gasteiger partial charge in [-0.05, 0) is 41.8 Å². The van der Waals surface area contributed by atoms with E-state index in [-0.39, 0.29) is 0 Å². The number of aromatic nitrogens is 2. The van der Waals surface area contributed by atoms with Crippen LogP contribution in [0.4, 0.5) is 0 Å². The van der Waals surface area contributed by atoms with Crippen molar-refractivity contribution in [1.82, 2.24) is 15.0 Å². The number of hydrogen-bond donors (Lipinski definition) is 1. The predicted octanol–water partition coefficient (Wildman–Crippen LogP) is 3.00. The van der Waals surface area contributed by atoms with E-state index in [9.17, 15) is 9.90 Å². The number of carboxylic acids is 1. The van der Waals surface area contributed by atoms with Gasteiger partial charge >= 0.3 is 5.97 Å². The summed E-state index contributed by atoms with van der Waals surface area (Å²) in [5, 5.41) is 15.1. The second kappa shape index (κ2) is 5.86. The number of nitrogens with zero attached hydrogens (tertiary/aromatic N) is 3. The lowest BCUT2D eigenvalue weighted by molar-refractivity contribution is -0.143. The molecule has 112 valence electrons. The number of thiophene rings is 1. The molecule has 3 rings (SSSR count). The van der Waals surface area contributed by atoms with Crippen molar-refractivity contribution in [3.05, 3.63) is 21.8 Å². The summed E-state index contributed by atoms with van der Waals surface area (Å²) in [6.45, 7) is 2.06. The highest BCUT2D eigenvalue weighted by atomic mass is 79.9. The van der Waals surface area contributed by atoms with Gasteiger partial charge in [0.15, 0.2) is 0 Å². The second-order valence-electron chi connectivity index (χ2n) is 5.06. The van der Waals surface area contributed by atoms with Crippen LogP contribution in [0.2, 0.25) is 0 Å². The summed E-state index contributed by atoms with van der Waals surface area (Å²) in [5.41, 5.74) is 0. The first-order chi connectivity index (χ1) is 10.0. The molecule has 2 heterocycles. The number of carboxylic acid groups (broad SMARTS) is 1. The Bertz CT molecular complexity index is 653. The lowest BCUT2D eigenvalue weighted by Gasteiger charge is -2.23. The molecule has 21 heavy (non-hydrogen) atoms. The maximum atomic E-state index is 11.2. The molecule has 6 nitrogen and oxygen atoms in total. The Morgan fingerprint density at radius 2 is 2.43 bits per heavy atom. The summed E-state index contributed by atoms with van der Waals surface area (Å²) >= 11 is 4.91. The van der Waals surface area contributed by atoms with E-state index < -0.39 is 12.0 Å². The van der Waals surface area contributed by atoms with Crippen LogP contribution in [0.3, 0.4) is 0 Å². The second-order valence-corrected chi connectivity index (χ2v) is 6.89. The van der Waals surface area contributed by atoms with Gasteiger partial charge in [-0.25, -0.2) is 0 Å². The fourth-order valence-electron chi connectivity index (χ4n) is 2.14. The molecule has 0 radical (unpaired) electrons. The summed E-state index contributed by atoms with van der Waals surface area (Å²) in [4.78, 5) is 18.4. The number of halogens is 1. The van der Waals surface area contributed by atoms with Crippen molar-refractivity contribution in [2.45, 2.75) is 38.4 Å². The minimum Gasteiger partial charge on any atom is -0.480 e. The third-order valence-corrected chi connectivity index (χ3v) is 5.13. The summed E-state index contributed by atoms with van der Waals surface area (Å²) < 4.78 is 6.24. The van der Waals surface area contributed by atoms with Crippen molar-refractivity contribution in [2.24, 2.45) is 0 Å². The van der Waals surface area contributed by atoms with Gasteiger partial charge in [0.2, 0.25) is 11.7 Å². The van der Waals surface area contributed by atoms with Gasteiger partial charge < -0.3 is 9.63 Å². The fraction of sp³-hybridized carbons (Fsp3) is 0.462. The van der Waals surface area contributed by atoms with Gasteiger partial charge in [-0.2, -0.15) is 4.98 Å². The largest absolute Gasteiger partial charge is 0.480 e. The van der Waals surface area contributed by atoms with Crippen molar-refractivity contribution in [3.8, 4) is 10.7 Å². The average Bonchev–Trinajstić information content (AvgIpc) is 3.02. The minimum absolute atomic E-state index is 0.308. The quantitative estimate of drug-likeness (QED) is 0.840. The molecule has 0 bridgehead atoms. The standard InChI is InChI=1S/C13H14BrN3O3S/c1-7(13(18)19)17(9-2-3-9)5-11-15-12(16-20-11)10-4-8(14)6-21-10/h4,6-7,9H,2-3,5H2,1H3,(H,18,19). The molecule has 8 heteroatoms. The van der Waals surface area contributed by atoms with Gasteiger partial charge in [0, 0.05) is 15.9 Å². The third-order valence-electron chi connectivity index (χ3n) is 3.44. The smallest absolute Gasteiger partial charge is 0.320 e. The molecule has 2 aromatic rings. The number of carbonyl (C=O) groups is 1. The molecule has 0 aliphatic heterocycles. The SMILES string of the molecule is CC(C(=O)O)N(Cc1nc(-c2cc(Br)cs2)no1)C1CC1. The first-order valence-electron chi connectivity index (χ1n) is 6.60. The van der Waals surface area contributed by atoms with E-state index in [2.05, 4.69) is 26.1 Å². The Labute approximate surface area is 133 Å². The van der Waals surface area contributed by atoms with Crippen molar-refractivity contribution in [1.29, 1.82) is 0 Å². The number of aliphatic carboxylic acids is 1. The van der Waals surface area contributed by atoms with Crippen molar-refractivity contribution >= 4 is 33.2 Å². The Balaban J connectivity index is 1.75. The van der Waals surface area contributed by atoms with E-state index in [4.69, 9.17) is 4.52 Å². The number of hydrogen-bond acceptors (Lipinski definition) is 6. The predicted molar refractivity (Wildman–Crippen MR) is 81.0 cm³/mol. The highest BCUT2D eigenvalue weighted by molar-refractivity contribution is 9.10. The summed E-state index contributed by atoms with van der Waals surface area (Å²) in [7, 11) is 0. The molecular weight excluding hydrogens is 358 g/mol. The summed E-state index contributed by atoms with van der Waals surface area (Å²) in [6, 6.07) is 1.68. The van der Waals surface area contributed by atoms with Gasteiger partial charge in [0.25, 0.3) is 0 Å². The molecule has 0 saturated heterocycles. The molecule has 0 spiro atoms. The molecule has 1 atom stereocenters. The normalized spacial score (nSPS) is 16.3. The molecule has 1 aliphatic carbocycles. The molecule has 0 aromatic carbocycles. The highest BCUT2D eigenvalue weighted by Crippen LogP contribution is 2.31. The zero-order valence-corrected chi connectivity index (χ0v) is 13.7. The maximum Gasteiger partial charge on any atom is 0.320 e. The first kappa shape index (κ1) is 14.7. The Kier molecular flexibility index (Phi) is 4.10. The maximum absolute atomic E-state index is 11.2. The van der Waals surface area contributed by atoms with Crippen LogP contribution in [0, 0.1) is 0 Å². The van der Waals surface area contributed by atoms with Crippen molar-refractivity contribution in [3.63, 3.8) is 0 Å². The van der Waals surface area contributed by atoms with Gasteiger partial charge in [0.1, 0.15) is 6.04 Å². The lowest BCUT2D eigenvalue weighted by atomic mass is 10.2. The van der Waals surface area contributed by atoms with Crippen molar-refractivity contribution in [2.75, 3.05) is 0 Å². The van der Waals surface area contributed by atoms with Crippen LogP contribution in [0.15, 0.2) is 20.4 Å². The van der Waals surface area contributed by atoms with E-state index in [1.807, 2.05) is 16.3 Å². The topological polar surface area (TPSA) is 79.5 Å². The summed E-state index contributed by atoms with van der Waals surface area (Å²) in [6.07, 6.45) is 2.05. The monoisotopic (exact) mass is 371 g/mol. The van der Waals surface area contributed by atoms with Crippen LogP contribution in [0.25, 0.3) is 10.7 Å². The Morgan fingerprint density at radius 1 is 1.67 bits per heavy atom. The highest BCUT2D eigenvalue weighted by Gasteiger charge is 2.36. The van der Waals surface area contributed by atoms with Crippen LogP contribution in [-0.4, -0.2) is 38.2 Å². The molecule has 1 N–H and O–H groups in total. The van der Waals surface area contributed by atoms with E-state index in [0.717, 1.165) is 22.2 Å². The lowest BCUT2D eigenvalue weighted by Crippen LogP contribution is -2.40. The molecule has 1 fully saturated rings. The molecule has 1 saturated carbocycles. The summed E-state index contributed by atoms with van der Waals surface area (Å²) in [5.74, 6) is 0.165. The van der Waals surface area contributed by atoms with Crippen LogP contribution in [0.1, 0.15) is 25.7 Å². The zero-order chi connectivity index (χ0) is 15.0. The van der Waals surface area contributed by atoms with Crippen LogP contribution >= 0.6 is 27.3 Å². The minimum atomic E-state index is -0.830. The Morgan fingerprint density at radius 3 is 3.00 bits per heavy atom. The van der Waals surface area contributed by atoms with Gasteiger partial charge in [0.05, 0.1) is 11.4 Å². The van der Waals surface area contributed by atoms with Crippen LogP contribution < -0.4 is 0 Å². The van der Waals surface area contributed by atoms with Gasteiger partial charge in [-0.1, -0.05) is 5.16 Å². The zero-order valence-electron chi connectivity index (χ0n) is 11.3. The molecular formula is C13H14BrN3O3S. The van der Waals surface area contributed by atoms with Crippen molar-refractivity contribution < 1.29 is 14.4 Å². The fourth-order valence-corrected chi connectivity index (χ4v) is 3.49. The van der Waals surface area contributed by atoms with Gasteiger partial charge in [-0.3, -0.25) is 9.69 Å². The Hall–Kier alpha value is -1.25. The first-order valence-corrected chi connectivity index (χ1v) is 8.27. The molecule has 0 amide bonds. The van der Waals surface area contributed by atoms with E-state index in [1.165, 1.54) is 11.3 Å². The molecule has 1 unspecified atom stereocenters. The average molecular weight is 372 g/mol. The van der Waals surface area contributed by atoms with Crippen LogP contribution in [-0.2, 0) is 11.3 Å².